The van der Waals surface area contributed by atoms with Crippen molar-refractivity contribution >= 4 is 5.91 Å². The molecular formula is C12H23NO. The Hall–Kier alpha value is -0.530. The van der Waals surface area contributed by atoms with Crippen LogP contribution in [-0.4, -0.2) is 23.4 Å². The maximum atomic E-state index is 12.1. The first-order valence-corrected chi connectivity index (χ1v) is 5.97. The molecular weight excluding hydrogens is 174 g/mol. The minimum Gasteiger partial charge on any atom is -0.340 e. The van der Waals surface area contributed by atoms with E-state index in [9.17, 15) is 4.79 Å². The summed E-state index contributed by atoms with van der Waals surface area (Å²) in [7, 11) is 0. The van der Waals surface area contributed by atoms with Crippen molar-refractivity contribution in [1.82, 2.24) is 4.90 Å². The third-order valence-electron chi connectivity index (χ3n) is 3.20. The van der Waals surface area contributed by atoms with Crippen molar-refractivity contribution in [3.63, 3.8) is 0 Å². The Morgan fingerprint density at radius 2 is 1.86 bits per heavy atom. The van der Waals surface area contributed by atoms with Crippen LogP contribution in [0.2, 0.25) is 0 Å². The number of carbonyl (C=O) groups excluding carboxylic acids is 1. The fraction of sp³-hybridized carbons (Fsp3) is 0.917. The summed E-state index contributed by atoms with van der Waals surface area (Å²) in [5, 5.41) is 0. The molecule has 0 N–H and O–H groups in total. The zero-order valence-electron chi connectivity index (χ0n) is 9.75. The minimum atomic E-state index is 0.325. The Balaban J connectivity index is 2.52. The molecule has 0 aromatic rings. The lowest BCUT2D eigenvalue weighted by Crippen LogP contribution is -2.41. The highest BCUT2D eigenvalue weighted by Gasteiger charge is 2.26. The first-order valence-electron chi connectivity index (χ1n) is 5.97. The van der Waals surface area contributed by atoms with E-state index in [0.717, 1.165) is 19.4 Å². The zero-order valence-corrected chi connectivity index (χ0v) is 9.75. The lowest BCUT2D eigenvalue weighted by Gasteiger charge is -2.31. The van der Waals surface area contributed by atoms with Gasteiger partial charge in [0, 0.05) is 18.5 Å². The Labute approximate surface area is 87.7 Å². The second-order valence-corrected chi connectivity index (χ2v) is 4.55. The first-order chi connectivity index (χ1) is 6.66. The van der Waals surface area contributed by atoms with Gasteiger partial charge in [0.2, 0.25) is 5.91 Å². The topological polar surface area (TPSA) is 20.3 Å². The molecule has 0 aromatic carbocycles. The van der Waals surface area contributed by atoms with Crippen LogP contribution in [-0.2, 0) is 4.79 Å². The summed E-state index contributed by atoms with van der Waals surface area (Å²) in [5.74, 6) is 0.716. The number of nitrogens with zero attached hydrogens (tertiary/aromatic N) is 1. The zero-order chi connectivity index (χ0) is 10.6. The van der Waals surface area contributed by atoms with Crippen LogP contribution in [0.4, 0.5) is 0 Å². The van der Waals surface area contributed by atoms with Gasteiger partial charge in [-0.25, -0.2) is 0 Å². The molecule has 0 unspecified atom stereocenters. The fourth-order valence-electron chi connectivity index (χ4n) is 2.36. The minimum absolute atomic E-state index is 0.325. The maximum Gasteiger partial charge on any atom is 0.225 e. The van der Waals surface area contributed by atoms with Gasteiger partial charge in [-0.15, -0.1) is 0 Å². The molecule has 0 atom stereocenters. The van der Waals surface area contributed by atoms with Crippen LogP contribution in [0.1, 0.15) is 52.9 Å². The highest BCUT2D eigenvalue weighted by molar-refractivity contribution is 5.79. The van der Waals surface area contributed by atoms with Crippen LogP contribution >= 0.6 is 0 Å². The van der Waals surface area contributed by atoms with Gasteiger partial charge in [-0.1, -0.05) is 19.3 Å². The van der Waals surface area contributed by atoms with Gasteiger partial charge in [0.25, 0.3) is 0 Å². The summed E-state index contributed by atoms with van der Waals surface area (Å²) in [4.78, 5) is 14.1. The molecule has 0 bridgehead atoms. The molecule has 1 amide bonds. The maximum absolute atomic E-state index is 12.1. The third-order valence-corrected chi connectivity index (χ3v) is 3.20. The van der Waals surface area contributed by atoms with Crippen LogP contribution < -0.4 is 0 Å². The van der Waals surface area contributed by atoms with E-state index in [2.05, 4.69) is 20.8 Å². The summed E-state index contributed by atoms with van der Waals surface area (Å²) >= 11 is 0. The molecule has 0 aromatic heterocycles. The lowest BCUT2D eigenvalue weighted by molar-refractivity contribution is -0.138. The van der Waals surface area contributed by atoms with E-state index in [1.807, 2.05) is 4.90 Å². The number of hydrogen-bond acceptors (Lipinski definition) is 1. The normalized spacial score (nSPS) is 18.6. The average Bonchev–Trinajstić information content (AvgIpc) is 2.19. The van der Waals surface area contributed by atoms with E-state index in [1.165, 1.54) is 19.3 Å². The number of amides is 1. The Morgan fingerprint density at radius 1 is 1.29 bits per heavy atom. The first kappa shape index (κ1) is 11.5. The van der Waals surface area contributed by atoms with Crippen LogP contribution in [0, 0.1) is 5.92 Å². The van der Waals surface area contributed by atoms with Crippen molar-refractivity contribution in [3.05, 3.63) is 0 Å². The van der Waals surface area contributed by atoms with Crippen molar-refractivity contribution < 1.29 is 4.79 Å². The van der Waals surface area contributed by atoms with Crippen molar-refractivity contribution in [2.75, 3.05) is 6.54 Å². The van der Waals surface area contributed by atoms with Crippen LogP contribution in [0.5, 0.6) is 0 Å². The lowest BCUT2D eigenvalue weighted by atomic mass is 9.88. The van der Waals surface area contributed by atoms with Gasteiger partial charge in [0.05, 0.1) is 0 Å². The average molecular weight is 197 g/mol. The molecule has 1 saturated carbocycles. The highest BCUT2D eigenvalue weighted by atomic mass is 16.2. The fourth-order valence-corrected chi connectivity index (χ4v) is 2.36. The van der Waals surface area contributed by atoms with Gasteiger partial charge in [-0.3, -0.25) is 4.79 Å². The molecule has 1 rings (SSSR count). The van der Waals surface area contributed by atoms with Crippen molar-refractivity contribution in [1.29, 1.82) is 0 Å². The number of rotatable bonds is 3. The van der Waals surface area contributed by atoms with Crippen molar-refractivity contribution in [2.24, 2.45) is 5.92 Å². The monoisotopic (exact) mass is 197 g/mol. The Bertz CT molecular complexity index is 183. The summed E-state index contributed by atoms with van der Waals surface area (Å²) in [6, 6.07) is 0.356. The molecule has 0 radical (unpaired) electrons. The molecule has 0 heterocycles. The summed E-state index contributed by atoms with van der Waals surface area (Å²) in [6.07, 6.45) is 6.03. The smallest absolute Gasteiger partial charge is 0.225 e. The van der Waals surface area contributed by atoms with Crippen LogP contribution in [0.25, 0.3) is 0 Å². The van der Waals surface area contributed by atoms with Gasteiger partial charge < -0.3 is 4.90 Å². The molecule has 1 aliphatic rings. The predicted octanol–water partition coefficient (Wildman–Crippen LogP) is 2.82. The largest absolute Gasteiger partial charge is 0.340 e. The van der Waals surface area contributed by atoms with E-state index in [1.54, 1.807) is 0 Å². The second kappa shape index (κ2) is 5.38. The quantitative estimate of drug-likeness (QED) is 0.681. The SMILES string of the molecule is CCN(C(=O)C1CCCCC1)C(C)C. The summed E-state index contributed by atoms with van der Waals surface area (Å²) in [5.41, 5.74) is 0. The highest BCUT2D eigenvalue weighted by Crippen LogP contribution is 2.25. The molecule has 0 aliphatic heterocycles. The molecule has 0 saturated heterocycles. The van der Waals surface area contributed by atoms with Gasteiger partial charge >= 0.3 is 0 Å². The molecule has 0 spiro atoms. The molecule has 82 valence electrons. The number of carbonyl (C=O) groups is 1. The summed E-state index contributed by atoms with van der Waals surface area (Å²) in [6.45, 7) is 7.13. The van der Waals surface area contributed by atoms with Crippen LogP contribution in [0.15, 0.2) is 0 Å². The van der Waals surface area contributed by atoms with Crippen molar-refractivity contribution in [3.8, 4) is 0 Å². The van der Waals surface area contributed by atoms with E-state index < -0.39 is 0 Å². The summed E-state index contributed by atoms with van der Waals surface area (Å²) < 4.78 is 0. The molecule has 2 nitrogen and oxygen atoms in total. The van der Waals surface area contributed by atoms with Gasteiger partial charge in [0.15, 0.2) is 0 Å². The predicted molar refractivity (Wildman–Crippen MR) is 59.1 cm³/mol. The second-order valence-electron chi connectivity index (χ2n) is 4.55. The van der Waals surface area contributed by atoms with E-state index >= 15 is 0 Å². The standard InChI is InChI=1S/C12H23NO/c1-4-13(10(2)3)12(14)11-8-6-5-7-9-11/h10-11H,4-9H2,1-3H3. The third kappa shape index (κ3) is 2.73. The van der Waals surface area contributed by atoms with Gasteiger partial charge in [-0.05, 0) is 33.6 Å². The molecule has 14 heavy (non-hydrogen) atoms. The van der Waals surface area contributed by atoms with Gasteiger partial charge in [0.1, 0.15) is 0 Å². The molecule has 1 aliphatic carbocycles. The van der Waals surface area contributed by atoms with E-state index in [-0.39, 0.29) is 0 Å². The Morgan fingerprint density at radius 3 is 2.29 bits per heavy atom. The van der Waals surface area contributed by atoms with Crippen molar-refractivity contribution in [2.45, 2.75) is 58.9 Å². The van der Waals surface area contributed by atoms with E-state index in [4.69, 9.17) is 0 Å². The molecule has 1 fully saturated rings. The van der Waals surface area contributed by atoms with Gasteiger partial charge in [-0.2, -0.15) is 0 Å². The van der Waals surface area contributed by atoms with Crippen LogP contribution in [0.3, 0.4) is 0 Å². The number of hydrogen-bond donors (Lipinski definition) is 0. The molecule has 2 heteroatoms. The van der Waals surface area contributed by atoms with E-state index in [0.29, 0.717) is 17.9 Å². The Kier molecular flexibility index (Phi) is 4.43.